The van der Waals surface area contributed by atoms with Gasteiger partial charge in [0.2, 0.25) is 5.91 Å². The Hall–Kier alpha value is -3.35. The number of rotatable bonds is 6. The molecule has 0 unspecified atom stereocenters. The van der Waals surface area contributed by atoms with Crippen LogP contribution in [-0.2, 0) is 11.4 Å². The normalized spacial score (nSPS) is 14.1. The van der Waals surface area contributed by atoms with Gasteiger partial charge >= 0.3 is 0 Å². The van der Waals surface area contributed by atoms with Crippen LogP contribution in [0.25, 0.3) is 16.3 Å². The third kappa shape index (κ3) is 5.41. The maximum Gasteiger partial charge on any atom is 0.246 e. The second-order valence-electron chi connectivity index (χ2n) is 8.10. The Bertz CT molecular complexity index is 1300. The molecule has 0 atom stereocenters. The van der Waals surface area contributed by atoms with Crippen LogP contribution in [0.2, 0.25) is 5.02 Å². The molecular formula is C27H24ClN3O2S. The molecule has 0 spiro atoms. The predicted molar refractivity (Wildman–Crippen MR) is 140 cm³/mol. The first-order valence-electron chi connectivity index (χ1n) is 11.2. The summed E-state index contributed by atoms with van der Waals surface area (Å²) in [5.41, 5.74) is 3.05. The zero-order chi connectivity index (χ0) is 23.3. The average Bonchev–Trinajstić information content (AvgIpc) is 3.30. The van der Waals surface area contributed by atoms with Gasteiger partial charge in [-0.15, -0.1) is 0 Å². The first kappa shape index (κ1) is 22.4. The van der Waals surface area contributed by atoms with E-state index in [0.717, 1.165) is 50.3 Å². The molecule has 172 valence electrons. The molecule has 4 aromatic rings. The van der Waals surface area contributed by atoms with E-state index < -0.39 is 0 Å². The molecule has 3 aromatic carbocycles. The summed E-state index contributed by atoms with van der Waals surface area (Å²) < 4.78 is 6.91. The lowest BCUT2D eigenvalue weighted by atomic mass is 10.2. The molecule has 5 rings (SSSR count). The number of ether oxygens (including phenoxy) is 1. The molecule has 5 nitrogen and oxygen atoms in total. The highest BCUT2D eigenvalue weighted by atomic mass is 35.5. The molecule has 0 saturated carbocycles. The first-order valence-corrected chi connectivity index (χ1v) is 12.4. The minimum atomic E-state index is 0.0279. The molecule has 0 radical (unpaired) electrons. The summed E-state index contributed by atoms with van der Waals surface area (Å²) in [6.07, 6.45) is 3.50. The number of anilines is 1. The van der Waals surface area contributed by atoms with Gasteiger partial charge < -0.3 is 14.5 Å². The van der Waals surface area contributed by atoms with E-state index in [1.54, 1.807) is 17.4 Å². The summed E-state index contributed by atoms with van der Waals surface area (Å²) in [6.45, 7) is 3.41. The number of aromatic nitrogens is 1. The van der Waals surface area contributed by atoms with Gasteiger partial charge in [-0.05, 0) is 47.5 Å². The van der Waals surface area contributed by atoms with Crippen molar-refractivity contribution in [2.24, 2.45) is 0 Å². The number of halogens is 1. The van der Waals surface area contributed by atoms with Crippen molar-refractivity contribution in [1.29, 1.82) is 0 Å². The molecule has 2 heterocycles. The molecule has 1 saturated heterocycles. The Balaban J connectivity index is 1.12. The number of piperazine rings is 1. The fourth-order valence-electron chi connectivity index (χ4n) is 3.83. The van der Waals surface area contributed by atoms with Gasteiger partial charge in [-0.25, -0.2) is 4.98 Å². The molecule has 0 N–H and O–H groups in total. The summed E-state index contributed by atoms with van der Waals surface area (Å²) in [7, 11) is 0. The van der Waals surface area contributed by atoms with Gasteiger partial charge in [-0.2, -0.15) is 0 Å². The highest BCUT2D eigenvalue weighted by Crippen LogP contribution is 2.31. The molecule has 1 aromatic heterocycles. The van der Waals surface area contributed by atoms with Crippen LogP contribution in [0.15, 0.2) is 78.9 Å². The predicted octanol–water partition coefficient (Wildman–Crippen LogP) is 5.89. The number of hydrogen-bond acceptors (Lipinski definition) is 5. The minimum absolute atomic E-state index is 0.0279. The van der Waals surface area contributed by atoms with Gasteiger partial charge in [-0.1, -0.05) is 65.4 Å². The number of amides is 1. The number of carbonyl (C=O) groups excluding carboxylic acids is 1. The van der Waals surface area contributed by atoms with Crippen LogP contribution in [0, 0.1) is 0 Å². The number of nitrogens with zero attached hydrogens (tertiary/aromatic N) is 3. The van der Waals surface area contributed by atoms with Crippen molar-refractivity contribution >= 4 is 50.3 Å². The van der Waals surface area contributed by atoms with Gasteiger partial charge in [0.05, 0.1) is 10.2 Å². The lowest BCUT2D eigenvalue weighted by Crippen LogP contribution is -2.48. The second-order valence-corrected chi connectivity index (χ2v) is 9.54. The minimum Gasteiger partial charge on any atom is -0.489 e. The van der Waals surface area contributed by atoms with Crippen molar-refractivity contribution in [1.82, 2.24) is 9.88 Å². The molecule has 0 bridgehead atoms. The Morgan fingerprint density at radius 3 is 2.53 bits per heavy atom. The zero-order valence-corrected chi connectivity index (χ0v) is 20.1. The van der Waals surface area contributed by atoms with Crippen molar-refractivity contribution in [3.8, 4) is 5.75 Å². The Labute approximate surface area is 207 Å². The Kier molecular flexibility index (Phi) is 6.79. The average molecular weight is 490 g/mol. The molecule has 1 amide bonds. The highest BCUT2D eigenvalue weighted by Gasteiger charge is 2.22. The van der Waals surface area contributed by atoms with Crippen LogP contribution in [0.5, 0.6) is 5.75 Å². The van der Waals surface area contributed by atoms with Crippen LogP contribution in [0.3, 0.4) is 0 Å². The largest absolute Gasteiger partial charge is 0.489 e. The molecule has 7 heteroatoms. The van der Waals surface area contributed by atoms with Crippen LogP contribution < -0.4 is 9.64 Å². The molecule has 1 aliphatic heterocycles. The number of hydrogen-bond donors (Lipinski definition) is 0. The number of carbonyl (C=O) groups is 1. The van der Waals surface area contributed by atoms with E-state index in [1.165, 1.54) is 0 Å². The molecule has 34 heavy (non-hydrogen) atoms. The van der Waals surface area contributed by atoms with E-state index in [1.807, 2.05) is 83.8 Å². The van der Waals surface area contributed by atoms with Crippen molar-refractivity contribution in [3.05, 3.63) is 95.0 Å². The van der Waals surface area contributed by atoms with Crippen LogP contribution in [-0.4, -0.2) is 42.0 Å². The summed E-state index contributed by atoms with van der Waals surface area (Å²) in [5.74, 6) is 0.834. The number of thiazole rings is 1. The van der Waals surface area contributed by atoms with Crippen LogP contribution >= 0.6 is 22.9 Å². The summed E-state index contributed by atoms with van der Waals surface area (Å²) in [4.78, 5) is 21.5. The van der Waals surface area contributed by atoms with E-state index in [4.69, 9.17) is 21.3 Å². The zero-order valence-electron chi connectivity index (χ0n) is 18.6. The first-order chi connectivity index (χ1) is 16.6. The smallest absolute Gasteiger partial charge is 0.246 e. The third-order valence-corrected chi connectivity index (χ3v) is 7.06. The lowest BCUT2D eigenvalue weighted by Gasteiger charge is -2.34. The summed E-state index contributed by atoms with van der Waals surface area (Å²) in [5, 5.41) is 1.70. The van der Waals surface area contributed by atoms with Crippen molar-refractivity contribution < 1.29 is 9.53 Å². The standard InChI is InChI=1S/C27H24ClN3O2S/c28-22-9-12-24-25(18-22)34-27(29-24)31-16-14-30(15-17-31)26(32)13-8-20-6-10-23(11-7-20)33-19-21-4-2-1-3-5-21/h1-13,18H,14-17,19H2/b13-8+. The van der Waals surface area contributed by atoms with E-state index in [9.17, 15) is 4.79 Å². The van der Waals surface area contributed by atoms with E-state index in [2.05, 4.69) is 4.90 Å². The fraction of sp³-hybridized carbons (Fsp3) is 0.185. The van der Waals surface area contributed by atoms with Gasteiger partial charge in [0, 0.05) is 37.3 Å². The lowest BCUT2D eigenvalue weighted by molar-refractivity contribution is -0.126. The van der Waals surface area contributed by atoms with Crippen molar-refractivity contribution in [2.75, 3.05) is 31.1 Å². The van der Waals surface area contributed by atoms with Crippen molar-refractivity contribution in [2.45, 2.75) is 6.61 Å². The van der Waals surface area contributed by atoms with Crippen LogP contribution in [0.4, 0.5) is 5.13 Å². The molecular weight excluding hydrogens is 466 g/mol. The van der Waals surface area contributed by atoms with Gasteiger partial charge in [0.15, 0.2) is 5.13 Å². The highest BCUT2D eigenvalue weighted by molar-refractivity contribution is 7.22. The monoisotopic (exact) mass is 489 g/mol. The van der Waals surface area contributed by atoms with Crippen LogP contribution in [0.1, 0.15) is 11.1 Å². The maximum absolute atomic E-state index is 12.7. The third-order valence-electron chi connectivity index (χ3n) is 5.75. The number of fused-ring (bicyclic) bond motifs is 1. The van der Waals surface area contributed by atoms with Gasteiger partial charge in [-0.3, -0.25) is 4.79 Å². The van der Waals surface area contributed by atoms with E-state index in [-0.39, 0.29) is 5.91 Å². The number of benzene rings is 3. The quantitative estimate of drug-likeness (QED) is 0.317. The summed E-state index contributed by atoms with van der Waals surface area (Å²) in [6, 6.07) is 23.6. The maximum atomic E-state index is 12.7. The Morgan fingerprint density at radius 2 is 1.76 bits per heavy atom. The summed E-state index contributed by atoms with van der Waals surface area (Å²) >= 11 is 7.74. The SMILES string of the molecule is O=C(/C=C/c1ccc(OCc2ccccc2)cc1)N1CCN(c2nc3ccc(Cl)cc3s2)CC1. The van der Waals surface area contributed by atoms with Gasteiger partial charge in [0.1, 0.15) is 12.4 Å². The van der Waals surface area contributed by atoms with Crippen molar-refractivity contribution in [3.63, 3.8) is 0 Å². The van der Waals surface area contributed by atoms with Gasteiger partial charge in [0.25, 0.3) is 0 Å². The second kappa shape index (κ2) is 10.3. The Morgan fingerprint density at radius 1 is 1.00 bits per heavy atom. The molecule has 1 fully saturated rings. The van der Waals surface area contributed by atoms with E-state index in [0.29, 0.717) is 19.7 Å². The van der Waals surface area contributed by atoms with E-state index >= 15 is 0 Å². The molecule has 1 aliphatic rings. The molecule has 0 aliphatic carbocycles. The topological polar surface area (TPSA) is 45.7 Å². The fourth-order valence-corrected chi connectivity index (χ4v) is 5.12.